The molecule has 1 radical (unpaired) electrons. The molecule has 111 valence electrons. The van der Waals surface area contributed by atoms with Crippen LogP contribution in [0, 0.1) is 20.9 Å². The van der Waals surface area contributed by atoms with Crippen LogP contribution >= 0.6 is 0 Å². The van der Waals surface area contributed by atoms with E-state index in [0.717, 1.165) is 16.8 Å². The molecule has 0 saturated heterocycles. The third-order valence-corrected chi connectivity index (χ3v) is 2.00. The van der Waals surface area contributed by atoms with Gasteiger partial charge in [0, 0.05) is 32.9 Å². The second kappa shape index (κ2) is 13.3. The molecular weight excluding hydrogens is 418 g/mol. The molecule has 19 heavy (non-hydrogen) atoms. The van der Waals surface area contributed by atoms with E-state index in [1.165, 1.54) is 0 Å². The Balaban J connectivity index is -0.000000225. The number of benzene rings is 1. The van der Waals surface area contributed by atoms with Crippen molar-refractivity contribution in [1.29, 1.82) is 0 Å². The van der Waals surface area contributed by atoms with Gasteiger partial charge < -0.3 is 37.2 Å². The van der Waals surface area contributed by atoms with E-state index in [4.69, 9.17) is 5.11 Å². The molecule has 0 saturated carbocycles. The van der Waals surface area contributed by atoms with Gasteiger partial charge in [0.1, 0.15) is 0 Å². The Hall–Kier alpha value is -1.10. The van der Waals surface area contributed by atoms with Crippen molar-refractivity contribution in [1.82, 2.24) is 4.98 Å². The summed E-state index contributed by atoms with van der Waals surface area (Å²) in [6.07, 6.45) is 1.75. The summed E-state index contributed by atoms with van der Waals surface area (Å²) in [6, 6.07) is 14.4. The maximum Gasteiger partial charge on any atom is 0.0349 e. The molecule has 4 nitrogen and oxygen atoms in total. The molecule has 1 aromatic heterocycles. The number of aromatic nitrogens is 1. The summed E-state index contributed by atoms with van der Waals surface area (Å²) in [5, 5.41) is 8.86. The topological polar surface area (TPSA) is 100 Å². The van der Waals surface area contributed by atoms with Gasteiger partial charge in [0.05, 0.1) is 0 Å². The van der Waals surface area contributed by atoms with Crippen LogP contribution in [0.15, 0.2) is 42.6 Å². The average Bonchev–Trinajstić information content (AvgIpc) is 2.30. The molecule has 0 fully saturated rings. The number of pyridine rings is 1. The van der Waals surface area contributed by atoms with Crippen LogP contribution in [0.5, 0.6) is 0 Å². The maximum atomic E-state index is 8.86. The summed E-state index contributed by atoms with van der Waals surface area (Å²) in [5.41, 5.74) is 2.71. The maximum absolute atomic E-state index is 8.86. The van der Waals surface area contributed by atoms with Gasteiger partial charge in [0.2, 0.25) is 0 Å². The fourth-order valence-corrected chi connectivity index (χ4v) is 1.24. The van der Waals surface area contributed by atoms with Crippen LogP contribution in [0.3, 0.4) is 0 Å². The van der Waals surface area contributed by atoms with Crippen molar-refractivity contribution < 1.29 is 25.2 Å². The zero-order chi connectivity index (χ0) is 9.80. The third kappa shape index (κ3) is 7.15. The SMILES string of the molecule is OCc1c[c-]c(-c2ccccn2)cc1.[CH3-].[CH3-].[Ir].[NH2-].[NH2-]. The summed E-state index contributed by atoms with van der Waals surface area (Å²) in [7, 11) is 0. The van der Waals surface area contributed by atoms with Crippen LogP contribution in [0.25, 0.3) is 23.6 Å². The second-order valence-corrected chi connectivity index (χ2v) is 2.98. The van der Waals surface area contributed by atoms with Gasteiger partial charge in [-0.15, -0.1) is 35.4 Å². The summed E-state index contributed by atoms with van der Waals surface area (Å²) in [5.74, 6) is 0. The first-order valence-electron chi connectivity index (χ1n) is 4.43. The molecule has 0 atom stereocenters. The minimum Gasteiger partial charge on any atom is -0.693 e. The van der Waals surface area contributed by atoms with E-state index in [2.05, 4.69) is 11.1 Å². The van der Waals surface area contributed by atoms with E-state index in [0.29, 0.717) is 0 Å². The molecule has 0 unspecified atom stereocenters. The molecule has 2 aromatic rings. The van der Waals surface area contributed by atoms with Gasteiger partial charge in [-0.3, -0.25) is 0 Å². The van der Waals surface area contributed by atoms with E-state index in [1.807, 2.05) is 30.3 Å². The molecule has 0 aliphatic carbocycles. The Morgan fingerprint density at radius 3 is 2.16 bits per heavy atom. The number of hydrogen-bond donors (Lipinski definition) is 1. The fraction of sp³-hybridized carbons (Fsp3) is 0.0714. The van der Waals surface area contributed by atoms with Crippen LogP contribution in [-0.4, -0.2) is 10.1 Å². The molecule has 1 aromatic carbocycles. The minimum absolute atomic E-state index is 0. The Morgan fingerprint density at radius 1 is 1.05 bits per heavy atom. The first kappa shape index (κ1) is 26.5. The average molecular weight is 439 g/mol. The zero-order valence-electron chi connectivity index (χ0n) is 11.1. The number of nitrogens with two attached hydrogens (primary N) is 2. The van der Waals surface area contributed by atoms with E-state index in [-0.39, 0.29) is 53.9 Å². The van der Waals surface area contributed by atoms with E-state index in [9.17, 15) is 0 Å². The number of nitrogens with zero attached hydrogens (tertiary/aromatic N) is 1. The van der Waals surface area contributed by atoms with Crippen molar-refractivity contribution in [3.05, 3.63) is 81.4 Å². The summed E-state index contributed by atoms with van der Waals surface area (Å²) < 4.78 is 0. The third-order valence-electron chi connectivity index (χ3n) is 2.00. The van der Waals surface area contributed by atoms with E-state index in [1.54, 1.807) is 12.3 Å². The standard InChI is InChI=1S/C12H10NO.2CH3.Ir.2H2N/c14-9-10-4-6-11(7-5-10)12-3-1-2-8-13-12;;;;;/h1-6,8,14H,9H2;2*1H3;;2*1H2/q3*-1;;2*-1. The predicted molar refractivity (Wildman–Crippen MR) is 77.8 cm³/mol. The zero-order valence-corrected chi connectivity index (χ0v) is 13.5. The second-order valence-electron chi connectivity index (χ2n) is 2.98. The smallest absolute Gasteiger partial charge is 0.0349 e. The molecule has 0 aliphatic rings. The number of hydrogen-bond acceptors (Lipinski definition) is 2. The van der Waals surface area contributed by atoms with Gasteiger partial charge in [-0.1, -0.05) is 12.1 Å². The molecule has 2 rings (SSSR count). The first-order valence-corrected chi connectivity index (χ1v) is 4.43. The normalized spacial score (nSPS) is 7.42. The van der Waals surface area contributed by atoms with Crippen LogP contribution in [0.4, 0.5) is 0 Å². The molecule has 0 spiro atoms. The van der Waals surface area contributed by atoms with Gasteiger partial charge in [-0.25, -0.2) is 0 Å². The Morgan fingerprint density at radius 2 is 1.74 bits per heavy atom. The van der Waals surface area contributed by atoms with Gasteiger partial charge in [-0.2, -0.15) is 0 Å². The van der Waals surface area contributed by atoms with Gasteiger partial charge in [0.15, 0.2) is 0 Å². The predicted octanol–water partition coefficient (Wildman–Crippen LogP) is 4.37. The van der Waals surface area contributed by atoms with Crippen LogP contribution in [0.2, 0.25) is 0 Å². The molecule has 5 N–H and O–H groups in total. The minimum atomic E-state index is 0. The molecule has 5 heteroatoms. The van der Waals surface area contributed by atoms with E-state index < -0.39 is 0 Å². The Labute approximate surface area is 129 Å². The monoisotopic (exact) mass is 439 g/mol. The van der Waals surface area contributed by atoms with Gasteiger partial charge >= 0.3 is 0 Å². The first-order chi connectivity index (χ1) is 6.90. The van der Waals surface area contributed by atoms with Crippen molar-refractivity contribution in [3.63, 3.8) is 0 Å². The van der Waals surface area contributed by atoms with Crippen molar-refractivity contribution in [2.45, 2.75) is 6.61 Å². The summed E-state index contributed by atoms with van der Waals surface area (Å²) in [4.78, 5) is 4.21. The Bertz CT molecular complexity index is 407. The number of rotatable bonds is 2. The molecule has 0 aliphatic heterocycles. The molecule has 0 amide bonds. The van der Waals surface area contributed by atoms with Gasteiger partial charge in [0.25, 0.3) is 0 Å². The van der Waals surface area contributed by atoms with Crippen LogP contribution in [0.1, 0.15) is 5.56 Å². The molecule has 0 bridgehead atoms. The quantitative estimate of drug-likeness (QED) is 0.704. The van der Waals surface area contributed by atoms with E-state index >= 15 is 0 Å². The molecule has 1 heterocycles. The number of aliphatic hydroxyl groups excluding tert-OH is 1. The van der Waals surface area contributed by atoms with Gasteiger partial charge in [-0.05, 0) is 11.8 Å². The van der Waals surface area contributed by atoms with Crippen molar-refractivity contribution >= 4 is 0 Å². The van der Waals surface area contributed by atoms with Crippen molar-refractivity contribution in [2.24, 2.45) is 0 Å². The largest absolute Gasteiger partial charge is 0.693 e. The summed E-state index contributed by atoms with van der Waals surface area (Å²) >= 11 is 0. The molecular formula is C14H20IrN3O-5. The van der Waals surface area contributed by atoms with Crippen LogP contribution < -0.4 is 0 Å². The summed E-state index contributed by atoms with van der Waals surface area (Å²) in [6.45, 7) is 0.0546. The van der Waals surface area contributed by atoms with Crippen LogP contribution in [-0.2, 0) is 26.7 Å². The van der Waals surface area contributed by atoms with Crippen molar-refractivity contribution in [2.75, 3.05) is 0 Å². The Kier molecular flexibility index (Phi) is 18.6. The number of aliphatic hydroxyl groups is 1. The van der Waals surface area contributed by atoms with Crippen molar-refractivity contribution in [3.8, 4) is 11.3 Å². The fourth-order valence-electron chi connectivity index (χ4n) is 1.24.